The van der Waals surface area contributed by atoms with Gasteiger partial charge in [0.15, 0.2) is 0 Å². The fraction of sp³-hybridized carbons (Fsp3) is 0.457. The molecule has 0 N–H and O–H groups in total. The second-order valence-electron chi connectivity index (χ2n) is 12.9. The van der Waals surface area contributed by atoms with Crippen molar-refractivity contribution in [2.24, 2.45) is 4.99 Å². The van der Waals surface area contributed by atoms with Crippen molar-refractivity contribution in [3.63, 3.8) is 0 Å². The van der Waals surface area contributed by atoms with E-state index in [1.165, 1.54) is 33.5 Å². The summed E-state index contributed by atoms with van der Waals surface area (Å²) >= 11 is -1.06. The van der Waals surface area contributed by atoms with Crippen molar-refractivity contribution < 1.29 is 0 Å². The molecule has 0 saturated carbocycles. The topological polar surface area (TPSA) is 15.6 Å². The summed E-state index contributed by atoms with van der Waals surface area (Å²) in [5.41, 5.74) is 10.0. The zero-order valence-corrected chi connectivity index (χ0v) is 28.7. The van der Waals surface area contributed by atoms with Crippen LogP contribution in [0.3, 0.4) is 0 Å². The summed E-state index contributed by atoms with van der Waals surface area (Å²) in [4.78, 5) is 5.60. The van der Waals surface area contributed by atoms with E-state index in [4.69, 9.17) is 15.0 Å². The van der Waals surface area contributed by atoms with Crippen molar-refractivity contribution in [3.8, 4) is 0 Å². The number of rotatable bonds is 8. The zero-order chi connectivity index (χ0) is 29.1. The number of aliphatic imine (C=N–C) groups is 1. The molecule has 0 saturated heterocycles. The Hall–Kier alpha value is -2.04. The number of hydrogen-bond donors (Lipinski definition) is 0. The summed E-state index contributed by atoms with van der Waals surface area (Å²) in [5, 5.41) is 0. The first-order valence-corrected chi connectivity index (χ1v) is 18.1. The van der Waals surface area contributed by atoms with Crippen molar-refractivity contribution in [1.82, 2.24) is 0 Å². The maximum absolute atomic E-state index is 7.04. The number of amidine groups is 1. The Morgan fingerprint density at radius 1 is 0.667 bits per heavy atom. The van der Waals surface area contributed by atoms with Crippen LogP contribution in [0.5, 0.6) is 0 Å². The van der Waals surface area contributed by atoms with Gasteiger partial charge in [0.1, 0.15) is 0 Å². The van der Waals surface area contributed by atoms with E-state index in [-0.39, 0.29) is 5.41 Å². The van der Waals surface area contributed by atoms with Crippen LogP contribution in [0.1, 0.15) is 133 Å². The molecule has 0 unspecified atom stereocenters. The molecule has 4 heteroatoms. The summed E-state index contributed by atoms with van der Waals surface area (Å²) in [6.45, 7) is 24.9. The van der Waals surface area contributed by atoms with Crippen molar-refractivity contribution in [2.45, 2.75) is 105 Å². The first-order valence-electron chi connectivity index (χ1n) is 14.4. The SMILES string of the molecule is CC(C)c1cccc(C(C)C)c1N=C(c1ccc(C(C)(C)C)cc1)[N]([Ge][Cl])c1c(C(C)C)cccc1C(C)C. The summed E-state index contributed by atoms with van der Waals surface area (Å²) in [6.07, 6.45) is 0. The molecule has 3 aromatic carbocycles. The average Bonchev–Trinajstić information content (AvgIpc) is 2.87. The molecule has 0 aliphatic carbocycles. The Morgan fingerprint density at radius 3 is 1.44 bits per heavy atom. The maximum atomic E-state index is 7.04. The molecule has 0 aromatic heterocycles. The minimum atomic E-state index is -1.06. The van der Waals surface area contributed by atoms with Crippen LogP contribution >= 0.6 is 10.0 Å². The van der Waals surface area contributed by atoms with Crippen LogP contribution in [0.4, 0.5) is 11.4 Å². The molecule has 0 heterocycles. The molecule has 0 aliphatic heterocycles. The zero-order valence-electron chi connectivity index (χ0n) is 25.9. The van der Waals surface area contributed by atoms with Gasteiger partial charge in [-0.25, -0.2) is 0 Å². The third-order valence-electron chi connectivity index (χ3n) is 7.43. The molecule has 0 amide bonds. The molecular weight excluding hydrogens is 556 g/mol. The molecule has 0 atom stereocenters. The van der Waals surface area contributed by atoms with Crippen LogP contribution in [0.15, 0.2) is 65.7 Å². The summed E-state index contributed by atoms with van der Waals surface area (Å²) in [5.74, 6) is 2.42. The Kier molecular flexibility index (Phi) is 10.6. The standard InChI is InChI=1S/C35H47ClGeN2/c1-22(2)28-14-12-15-29(23(3)4)32(28)38-34(26-18-20-27(21-19-26)35(9,10)11)39(37-36)33-30(24(5)6)16-13-17-31(33)25(7)8/h12-25H,1-11H3. The van der Waals surface area contributed by atoms with E-state index in [0.717, 1.165) is 17.1 Å². The minimum absolute atomic E-state index is 0.0833. The number of para-hydroxylation sites is 2. The van der Waals surface area contributed by atoms with Crippen molar-refractivity contribution in [2.75, 3.05) is 3.86 Å². The van der Waals surface area contributed by atoms with Crippen LogP contribution in [0.2, 0.25) is 0 Å². The molecule has 3 aromatic rings. The Labute approximate surface area is 249 Å². The van der Waals surface area contributed by atoms with Gasteiger partial charge in [-0.15, -0.1) is 0 Å². The second kappa shape index (κ2) is 13.1. The van der Waals surface area contributed by atoms with Crippen LogP contribution < -0.4 is 3.86 Å². The molecule has 3 rings (SSSR count). The Morgan fingerprint density at radius 2 is 1.08 bits per heavy atom. The van der Waals surface area contributed by atoms with Gasteiger partial charge >= 0.3 is 250 Å². The van der Waals surface area contributed by atoms with E-state index in [0.29, 0.717) is 23.7 Å². The molecule has 2 nitrogen and oxygen atoms in total. The van der Waals surface area contributed by atoms with Gasteiger partial charge in [0.05, 0.1) is 0 Å². The van der Waals surface area contributed by atoms with E-state index in [2.05, 4.69) is 141 Å². The van der Waals surface area contributed by atoms with Crippen molar-refractivity contribution >= 4 is 41.9 Å². The fourth-order valence-corrected chi connectivity index (χ4v) is 7.19. The van der Waals surface area contributed by atoms with Gasteiger partial charge in [-0.1, -0.05) is 0 Å². The number of halogens is 1. The quantitative estimate of drug-likeness (QED) is 0.142. The van der Waals surface area contributed by atoms with Crippen LogP contribution in [0.25, 0.3) is 0 Å². The van der Waals surface area contributed by atoms with Gasteiger partial charge in [0.25, 0.3) is 0 Å². The van der Waals surface area contributed by atoms with E-state index in [1.54, 1.807) is 0 Å². The Balaban J connectivity index is 2.43. The summed E-state index contributed by atoms with van der Waals surface area (Å²) < 4.78 is 2.37. The molecule has 208 valence electrons. The van der Waals surface area contributed by atoms with E-state index in [1.807, 2.05) is 0 Å². The van der Waals surface area contributed by atoms with E-state index >= 15 is 0 Å². The molecule has 0 fully saturated rings. The summed E-state index contributed by atoms with van der Waals surface area (Å²) in [6, 6.07) is 22.4. The average molecular weight is 604 g/mol. The number of benzene rings is 3. The van der Waals surface area contributed by atoms with Gasteiger partial charge in [-0.2, -0.15) is 0 Å². The first kappa shape index (κ1) is 31.5. The number of nitrogens with zero attached hydrogens (tertiary/aromatic N) is 2. The number of hydrogen-bond acceptors (Lipinski definition) is 1. The van der Waals surface area contributed by atoms with Crippen LogP contribution in [0, 0.1) is 0 Å². The summed E-state index contributed by atoms with van der Waals surface area (Å²) in [7, 11) is 7.04. The van der Waals surface area contributed by atoms with Gasteiger partial charge in [-0.05, 0) is 0 Å². The molecule has 39 heavy (non-hydrogen) atoms. The van der Waals surface area contributed by atoms with Crippen molar-refractivity contribution in [3.05, 3.63) is 94.0 Å². The van der Waals surface area contributed by atoms with Crippen LogP contribution in [-0.4, -0.2) is 20.6 Å². The first-order chi connectivity index (χ1) is 18.3. The molecule has 0 spiro atoms. The normalized spacial score (nSPS) is 12.8. The van der Waals surface area contributed by atoms with E-state index in [9.17, 15) is 0 Å². The van der Waals surface area contributed by atoms with E-state index < -0.39 is 14.7 Å². The number of anilines is 1. The monoisotopic (exact) mass is 604 g/mol. The van der Waals surface area contributed by atoms with Crippen LogP contribution in [-0.2, 0) is 5.41 Å². The van der Waals surface area contributed by atoms with Crippen molar-refractivity contribution in [1.29, 1.82) is 0 Å². The second-order valence-corrected chi connectivity index (χ2v) is 15.0. The van der Waals surface area contributed by atoms with Gasteiger partial charge in [0.2, 0.25) is 0 Å². The Bertz CT molecular complexity index is 1230. The molecule has 2 radical (unpaired) electrons. The fourth-order valence-electron chi connectivity index (χ4n) is 5.07. The molecule has 0 bridgehead atoms. The predicted octanol–water partition coefficient (Wildman–Crippen LogP) is 10.8. The molecule has 0 aliphatic rings. The third kappa shape index (κ3) is 7.19. The van der Waals surface area contributed by atoms with Gasteiger partial charge in [0, 0.05) is 0 Å². The third-order valence-corrected chi connectivity index (χ3v) is 9.58. The van der Waals surface area contributed by atoms with Gasteiger partial charge in [-0.3, -0.25) is 0 Å². The predicted molar refractivity (Wildman–Crippen MR) is 175 cm³/mol. The van der Waals surface area contributed by atoms with Gasteiger partial charge < -0.3 is 0 Å². The molecular formula is C35H47ClGeN2.